The van der Waals surface area contributed by atoms with Gasteiger partial charge in [0.2, 0.25) is 0 Å². The van der Waals surface area contributed by atoms with Gasteiger partial charge in [0, 0.05) is 15.4 Å². The molecule has 20 heavy (non-hydrogen) atoms. The van der Waals surface area contributed by atoms with Crippen molar-refractivity contribution in [3.8, 4) is 16.9 Å². The van der Waals surface area contributed by atoms with E-state index in [-0.39, 0.29) is 0 Å². The average molecular weight is 325 g/mol. The van der Waals surface area contributed by atoms with E-state index in [1.54, 1.807) is 0 Å². The van der Waals surface area contributed by atoms with Gasteiger partial charge in [0.1, 0.15) is 12.4 Å². The van der Waals surface area contributed by atoms with Crippen molar-refractivity contribution in [2.24, 2.45) is 0 Å². The molecule has 2 heteroatoms. The van der Waals surface area contributed by atoms with Gasteiger partial charge in [-0.05, 0) is 35.6 Å². The number of benzene rings is 3. The smallest absolute Gasteiger partial charge is 0.135 e. The lowest BCUT2D eigenvalue weighted by Gasteiger charge is -2.22. The van der Waals surface area contributed by atoms with Crippen LogP contribution in [0.3, 0.4) is 0 Å². The normalized spacial score (nSPS) is 12.7. The molecule has 0 amide bonds. The van der Waals surface area contributed by atoms with Gasteiger partial charge < -0.3 is 4.74 Å². The number of fused-ring (bicyclic) bond motifs is 5. The summed E-state index contributed by atoms with van der Waals surface area (Å²) in [6.07, 6.45) is 0. The van der Waals surface area contributed by atoms with E-state index in [1.807, 2.05) is 0 Å². The molecule has 1 nitrogen and oxygen atoms in total. The highest BCUT2D eigenvalue weighted by Gasteiger charge is 2.19. The summed E-state index contributed by atoms with van der Waals surface area (Å²) in [6, 6.07) is 17.3. The Balaban J connectivity index is 2.03. The molecule has 0 fully saturated rings. The van der Waals surface area contributed by atoms with Gasteiger partial charge in [-0.25, -0.2) is 0 Å². The summed E-state index contributed by atoms with van der Waals surface area (Å²) in [7, 11) is 0. The molecule has 0 aliphatic carbocycles. The van der Waals surface area contributed by atoms with Crippen LogP contribution in [-0.2, 0) is 6.61 Å². The molecule has 1 heterocycles. The highest BCUT2D eigenvalue weighted by atomic mass is 79.9. The van der Waals surface area contributed by atoms with Crippen molar-refractivity contribution in [2.45, 2.75) is 13.5 Å². The third-order valence-corrected chi connectivity index (χ3v) is 4.35. The zero-order valence-corrected chi connectivity index (χ0v) is 12.7. The molecule has 1 aliphatic rings. The van der Waals surface area contributed by atoms with Crippen molar-refractivity contribution in [3.05, 3.63) is 64.1 Å². The van der Waals surface area contributed by atoms with Crippen LogP contribution in [0.4, 0.5) is 0 Å². The zero-order chi connectivity index (χ0) is 13.7. The fourth-order valence-corrected chi connectivity index (χ4v) is 3.29. The second-order valence-corrected chi connectivity index (χ2v) is 6.17. The quantitative estimate of drug-likeness (QED) is 0.532. The standard InChI is InChI=1S/C18H13BrO/c1-11-2-5-16-12(8-11)3-6-17-15-7-4-14(19)9-13(15)10-20-18(16)17/h2-9H,10H2,1H3. The fraction of sp³-hybridized carbons (Fsp3) is 0.111. The summed E-state index contributed by atoms with van der Waals surface area (Å²) in [4.78, 5) is 0. The molecular weight excluding hydrogens is 312 g/mol. The van der Waals surface area contributed by atoms with Crippen LogP contribution in [0.1, 0.15) is 11.1 Å². The lowest BCUT2D eigenvalue weighted by molar-refractivity contribution is 0.306. The highest BCUT2D eigenvalue weighted by Crippen LogP contribution is 2.42. The van der Waals surface area contributed by atoms with E-state index < -0.39 is 0 Å². The Morgan fingerprint density at radius 2 is 1.80 bits per heavy atom. The molecule has 4 rings (SSSR count). The minimum absolute atomic E-state index is 0.634. The Morgan fingerprint density at radius 1 is 0.950 bits per heavy atom. The first-order chi connectivity index (χ1) is 9.72. The zero-order valence-electron chi connectivity index (χ0n) is 11.1. The van der Waals surface area contributed by atoms with Crippen molar-refractivity contribution >= 4 is 26.7 Å². The minimum atomic E-state index is 0.634. The Labute approximate surface area is 126 Å². The first kappa shape index (κ1) is 12.0. The molecular formula is C18H13BrO. The van der Waals surface area contributed by atoms with E-state index in [9.17, 15) is 0 Å². The molecule has 0 bridgehead atoms. The summed E-state index contributed by atoms with van der Waals surface area (Å²) >= 11 is 3.52. The van der Waals surface area contributed by atoms with Crippen LogP contribution in [0.15, 0.2) is 53.0 Å². The van der Waals surface area contributed by atoms with E-state index in [0.29, 0.717) is 6.61 Å². The van der Waals surface area contributed by atoms with Crippen molar-refractivity contribution < 1.29 is 4.74 Å². The number of ether oxygens (including phenoxy) is 1. The van der Waals surface area contributed by atoms with Crippen molar-refractivity contribution in [1.29, 1.82) is 0 Å². The number of rotatable bonds is 0. The van der Waals surface area contributed by atoms with Crippen LogP contribution in [0, 0.1) is 6.92 Å². The van der Waals surface area contributed by atoms with Crippen LogP contribution in [0.2, 0.25) is 0 Å². The van der Waals surface area contributed by atoms with Crippen LogP contribution in [-0.4, -0.2) is 0 Å². The third-order valence-electron chi connectivity index (χ3n) is 3.86. The Hall–Kier alpha value is -1.80. The molecule has 0 spiro atoms. The lowest BCUT2D eigenvalue weighted by Crippen LogP contribution is -2.05. The van der Waals surface area contributed by atoms with E-state index in [4.69, 9.17) is 4.74 Å². The molecule has 0 saturated carbocycles. The van der Waals surface area contributed by atoms with Gasteiger partial charge in [-0.15, -0.1) is 0 Å². The van der Waals surface area contributed by atoms with Crippen molar-refractivity contribution in [1.82, 2.24) is 0 Å². The van der Waals surface area contributed by atoms with Crippen molar-refractivity contribution in [2.75, 3.05) is 0 Å². The number of hydrogen-bond donors (Lipinski definition) is 0. The Kier molecular flexibility index (Phi) is 2.61. The molecule has 3 aromatic carbocycles. The van der Waals surface area contributed by atoms with Gasteiger partial charge in [0.15, 0.2) is 0 Å². The number of halogens is 1. The largest absolute Gasteiger partial charge is 0.488 e. The number of aryl methyl sites for hydroxylation is 1. The summed E-state index contributed by atoms with van der Waals surface area (Å²) < 4.78 is 7.13. The predicted octanol–water partition coefficient (Wildman–Crippen LogP) is 5.47. The SMILES string of the molecule is Cc1ccc2c3c(ccc2c1)-c1ccc(Br)cc1CO3. The van der Waals surface area contributed by atoms with Crippen LogP contribution in [0.5, 0.6) is 5.75 Å². The summed E-state index contributed by atoms with van der Waals surface area (Å²) in [5.74, 6) is 1.01. The number of hydrogen-bond acceptors (Lipinski definition) is 1. The van der Waals surface area contributed by atoms with Gasteiger partial charge in [0.25, 0.3) is 0 Å². The van der Waals surface area contributed by atoms with Gasteiger partial charge in [-0.1, -0.05) is 57.9 Å². The summed E-state index contributed by atoms with van der Waals surface area (Å²) in [5, 5.41) is 2.44. The minimum Gasteiger partial charge on any atom is -0.488 e. The molecule has 3 aromatic rings. The first-order valence-electron chi connectivity index (χ1n) is 6.67. The summed E-state index contributed by atoms with van der Waals surface area (Å²) in [6.45, 7) is 2.75. The molecule has 1 aliphatic heterocycles. The van der Waals surface area contributed by atoms with E-state index in [2.05, 4.69) is 71.4 Å². The first-order valence-corrected chi connectivity index (χ1v) is 7.47. The molecule has 0 aromatic heterocycles. The van der Waals surface area contributed by atoms with Crippen molar-refractivity contribution in [3.63, 3.8) is 0 Å². The second-order valence-electron chi connectivity index (χ2n) is 5.26. The van der Waals surface area contributed by atoms with Crippen LogP contribution >= 0.6 is 15.9 Å². The molecule has 0 saturated heterocycles. The topological polar surface area (TPSA) is 9.23 Å². The maximum atomic E-state index is 6.04. The van der Waals surface area contributed by atoms with Gasteiger partial charge in [-0.2, -0.15) is 0 Å². The Morgan fingerprint density at radius 3 is 2.70 bits per heavy atom. The van der Waals surface area contributed by atoms with E-state index in [1.165, 1.54) is 33.0 Å². The second kappa shape index (κ2) is 4.35. The van der Waals surface area contributed by atoms with E-state index in [0.717, 1.165) is 10.2 Å². The van der Waals surface area contributed by atoms with Crippen LogP contribution < -0.4 is 4.74 Å². The van der Waals surface area contributed by atoms with Gasteiger partial charge in [0.05, 0.1) is 0 Å². The lowest BCUT2D eigenvalue weighted by atomic mass is 9.94. The van der Waals surface area contributed by atoms with Gasteiger partial charge in [-0.3, -0.25) is 0 Å². The monoisotopic (exact) mass is 324 g/mol. The van der Waals surface area contributed by atoms with E-state index >= 15 is 0 Å². The molecule has 0 unspecified atom stereocenters. The molecule has 0 atom stereocenters. The molecule has 98 valence electrons. The summed E-state index contributed by atoms with van der Waals surface area (Å²) in [5.41, 5.74) is 4.97. The van der Waals surface area contributed by atoms with Crippen LogP contribution in [0.25, 0.3) is 21.9 Å². The maximum absolute atomic E-state index is 6.04. The maximum Gasteiger partial charge on any atom is 0.135 e. The molecule has 0 N–H and O–H groups in total. The third kappa shape index (κ3) is 1.75. The Bertz CT molecular complexity index is 836. The average Bonchev–Trinajstić information content (AvgIpc) is 2.45. The van der Waals surface area contributed by atoms with Gasteiger partial charge >= 0.3 is 0 Å². The predicted molar refractivity (Wildman–Crippen MR) is 86.2 cm³/mol. The highest BCUT2D eigenvalue weighted by molar-refractivity contribution is 9.10. The molecule has 0 radical (unpaired) electrons. The fourth-order valence-electron chi connectivity index (χ4n) is 2.88.